The van der Waals surface area contributed by atoms with Crippen molar-refractivity contribution in [2.75, 3.05) is 17.0 Å². The van der Waals surface area contributed by atoms with Crippen molar-refractivity contribution < 1.29 is 18.0 Å². The second kappa shape index (κ2) is 8.99. The van der Waals surface area contributed by atoms with Gasteiger partial charge in [-0.1, -0.05) is 42.5 Å². The van der Waals surface area contributed by atoms with Crippen LogP contribution in [0.3, 0.4) is 0 Å². The Balaban J connectivity index is 1.39. The molecule has 1 saturated heterocycles. The first-order valence-corrected chi connectivity index (χ1v) is 12.4. The van der Waals surface area contributed by atoms with Gasteiger partial charge in [0.1, 0.15) is 5.01 Å². The van der Waals surface area contributed by atoms with Crippen LogP contribution in [0.4, 0.5) is 5.69 Å². The van der Waals surface area contributed by atoms with Crippen LogP contribution in [-0.2, 0) is 19.6 Å². The number of benzene rings is 2. The third-order valence-electron chi connectivity index (χ3n) is 4.95. The van der Waals surface area contributed by atoms with Crippen molar-refractivity contribution in [3.8, 4) is 21.8 Å². The van der Waals surface area contributed by atoms with Crippen LogP contribution >= 0.6 is 11.3 Å². The lowest BCUT2D eigenvalue weighted by Gasteiger charge is -2.24. The van der Waals surface area contributed by atoms with Gasteiger partial charge < -0.3 is 0 Å². The summed E-state index contributed by atoms with van der Waals surface area (Å²) < 4.78 is 27.3. The summed E-state index contributed by atoms with van der Waals surface area (Å²) in [7, 11) is -3.70. The molecule has 160 valence electrons. The maximum absolute atomic E-state index is 12.4. The maximum Gasteiger partial charge on any atom is 0.234 e. The van der Waals surface area contributed by atoms with E-state index in [9.17, 15) is 18.0 Å². The van der Waals surface area contributed by atoms with Crippen molar-refractivity contribution in [3.05, 3.63) is 60.0 Å². The average Bonchev–Trinajstić information content (AvgIpc) is 3.25. The van der Waals surface area contributed by atoms with Gasteiger partial charge in [-0.25, -0.2) is 13.4 Å². The number of anilines is 1. The molecule has 0 saturated carbocycles. The molecule has 1 N–H and O–H groups in total. The number of aromatic nitrogens is 1. The van der Waals surface area contributed by atoms with E-state index >= 15 is 0 Å². The SMILES string of the molecule is O=C1CCCC(=O)N1CCS(=O)(=O)Nc1ccc(-c2csc(-c3ccccc3)n2)cc1. The highest BCUT2D eigenvalue weighted by Gasteiger charge is 2.27. The Hall–Kier alpha value is -3.04. The molecule has 2 amide bonds. The number of rotatable bonds is 7. The highest BCUT2D eigenvalue weighted by atomic mass is 32.2. The van der Waals surface area contributed by atoms with E-state index in [2.05, 4.69) is 9.71 Å². The Morgan fingerprint density at radius 3 is 2.29 bits per heavy atom. The number of thiazole rings is 1. The van der Waals surface area contributed by atoms with Crippen LogP contribution in [0.25, 0.3) is 21.8 Å². The predicted molar refractivity (Wildman–Crippen MR) is 121 cm³/mol. The highest BCUT2D eigenvalue weighted by Crippen LogP contribution is 2.29. The van der Waals surface area contributed by atoms with Crippen molar-refractivity contribution in [2.24, 2.45) is 0 Å². The molecule has 1 aliphatic heterocycles. The summed E-state index contributed by atoms with van der Waals surface area (Å²) >= 11 is 1.55. The van der Waals surface area contributed by atoms with Gasteiger partial charge >= 0.3 is 0 Å². The molecule has 0 aliphatic carbocycles. The molecule has 0 radical (unpaired) electrons. The number of hydrogen-bond donors (Lipinski definition) is 1. The van der Waals surface area contributed by atoms with Crippen LogP contribution in [0.1, 0.15) is 19.3 Å². The molecule has 0 bridgehead atoms. The summed E-state index contributed by atoms with van der Waals surface area (Å²) in [5.74, 6) is -0.957. The zero-order chi connectivity index (χ0) is 21.8. The number of carbonyl (C=O) groups excluding carboxylic acids is 2. The summed E-state index contributed by atoms with van der Waals surface area (Å²) in [4.78, 5) is 29.4. The van der Waals surface area contributed by atoms with Crippen molar-refractivity contribution in [1.29, 1.82) is 0 Å². The fraction of sp³-hybridized carbons (Fsp3) is 0.227. The Morgan fingerprint density at radius 2 is 1.61 bits per heavy atom. The second-order valence-corrected chi connectivity index (χ2v) is 9.89. The molecular formula is C22H21N3O4S2. The molecule has 0 spiro atoms. The third-order valence-corrected chi connectivity index (χ3v) is 7.10. The van der Waals surface area contributed by atoms with Crippen LogP contribution in [-0.4, -0.2) is 42.4 Å². The van der Waals surface area contributed by atoms with Crippen LogP contribution < -0.4 is 4.72 Å². The molecule has 2 heterocycles. The fourth-order valence-electron chi connectivity index (χ4n) is 3.32. The van der Waals surface area contributed by atoms with Crippen LogP contribution in [0.15, 0.2) is 60.0 Å². The smallest absolute Gasteiger partial charge is 0.234 e. The predicted octanol–water partition coefficient (Wildman–Crippen LogP) is 3.76. The van der Waals surface area contributed by atoms with E-state index in [0.29, 0.717) is 12.1 Å². The Kier molecular flexibility index (Phi) is 6.15. The molecule has 1 fully saturated rings. The molecule has 1 aromatic heterocycles. The van der Waals surface area contributed by atoms with Gasteiger partial charge in [-0.05, 0) is 18.6 Å². The topological polar surface area (TPSA) is 96.4 Å². The Bertz CT molecular complexity index is 1170. The Labute approximate surface area is 184 Å². The molecule has 31 heavy (non-hydrogen) atoms. The zero-order valence-corrected chi connectivity index (χ0v) is 18.3. The van der Waals surface area contributed by atoms with Gasteiger partial charge in [0.15, 0.2) is 0 Å². The first-order valence-electron chi connectivity index (χ1n) is 9.86. The lowest BCUT2D eigenvalue weighted by atomic mass is 10.1. The summed E-state index contributed by atoms with van der Waals surface area (Å²) in [6, 6.07) is 16.9. The monoisotopic (exact) mass is 455 g/mol. The number of imide groups is 1. The molecule has 9 heteroatoms. The molecule has 1 aliphatic rings. The van der Waals surface area contributed by atoms with Crippen molar-refractivity contribution in [3.63, 3.8) is 0 Å². The summed E-state index contributed by atoms with van der Waals surface area (Å²) in [5.41, 5.74) is 3.17. The number of likely N-dealkylation sites (tertiary alicyclic amines) is 1. The van der Waals surface area contributed by atoms with Gasteiger partial charge in [-0.3, -0.25) is 19.2 Å². The first kappa shape index (κ1) is 21.2. The summed E-state index contributed by atoms with van der Waals surface area (Å²) in [5, 5.41) is 2.89. The van der Waals surface area contributed by atoms with Crippen LogP contribution in [0, 0.1) is 0 Å². The number of sulfonamides is 1. The fourth-order valence-corrected chi connectivity index (χ4v) is 5.18. The molecule has 0 unspecified atom stereocenters. The zero-order valence-electron chi connectivity index (χ0n) is 16.7. The highest BCUT2D eigenvalue weighted by molar-refractivity contribution is 7.92. The number of hydrogen-bond acceptors (Lipinski definition) is 6. The molecule has 0 atom stereocenters. The number of nitrogens with zero attached hydrogens (tertiary/aromatic N) is 2. The van der Waals surface area contributed by atoms with Crippen molar-refractivity contribution in [2.45, 2.75) is 19.3 Å². The quantitative estimate of drug-likeness (QED) is 0.547. The molecular weight excluding hydrogens is 434 g/mol. The number of carbonyl (C=O) groups is 2. The molecule has 2 aromatic carbocycles. The number of piperidine rings is 1. The van der Waals surface area contributed by atoms with E-state index in [0.717, 1.165) is 26.7 Å². The van der Waals surface area contributed by atoms with E-state index in [1.54, 1.807) is 35.6 Å². The minimum Gasteiger partial charge on any atom is -0.284 e. The average molecular weight is 456 g/mol. The van der Waals surface area contributed by atoms with E-state index in [4.69, 9.17) is 0 Å². The van der Waals surface area contributed by atoms with Crippen LogP contribution in [0.5, 0.6) is 0 Å². The maximum atomic E-state index is 12.4. The van der Waals surface area contributed by atoms with E-state index in [1.807, 2.05) is 35.7 Å². The number of nitrogens with one attached hydrogen (secondary N) is 1. The van der Waals surface area contributed by atoms with Gasteiger partial charge in [-0.15, -0.1) is 11.3 Å². The van der Waals surface area contributed by atoms with E-state index in [1.165, 1.54) is 0 Å². The van der Waals surface area contributed by atoms with Gasteiger partial charge in [0, 0.05) is 41.6 Å². The molecule has 7 nitrogen and oxygen atoms in total. The minimum atomic E-state index is -3.70. The lowest BCUT2D eigenvalue weighted by molar-refractivity contribution is -0.147. The van der Waals surface area contributed by atoms with Gasteiger partial charge in [0.25, 0.3) is 0 Å². The van der Waals surface area contributed by atoms with Crippen molar-refractivity contribution in [1.82, 2.24) is 9.88 Å². The lowest BCUT2D eigenvalue weighted by Crippen LogP contribution is -2.43. The largest absolute Gasteiger partial charge is 0.284 e. The standard InChI is InChI=1S/C22H21N3O4S2/c26-20-7-4-8-21(27)25(20)13-14-31(28,29)24-18-11-9-16(10-12-18)19-15-30-22(23-19)17-5-2-1-3-6-17/h1-3,5-6,9-12,15,24H,4,7-8,13-14H2. The minimum absolute atomic E-state index is 0.133. The first-order chi connectivity index (χ1) is 14.9. The van der Waals surface area contributed by atoms with E-state index in [-0.39, 0.29) is 37.0 Å². The van der Waals surface area contributed by atoms with E-state index < -0.39 is 10.0 Å². The van der Waals surface area contributed by atoms with Gasteiger partial charge in [-0.2, -0.15) is 0 Å². The second-order valence-electron chi connectivity index (χ2n) is 7.19. The van der Waals surface area contributed by atoms with Gasteiger partial charge in [0.2, 0.25) is 21.8 Å². The normalized spacial score (nSPS) is 14.6. The van der Waals surface area contributed by atoms with Crippen molar-refractivity contribution >= 4 is 38.9 Å². The number of amides is 2. The summed E-state index contributed by atoms with van der Waals surface area (Å²) in [6.07, 6.45) is 1.09. The van der Waals surface area contributed by atoms with Gasteiger partial charge in [0.05, 0.1) is 11.4 Å². The third kappa shape index (κ3) is 5.18. The molecule has 3 aromatic rings. The summed E-state index contributed by atoms with van der Waals surface area (Å²) in [6.45, 7) is -0.133. The van der Waals surface area contributed by atoms with Crippen LogP contribution in [0.2, 0.25) is 0 Å². The molecule has 4 rings (SSSR count). The Morgan fingerprint density at radius 1 is 0.935 bits per heavy atom.